The number of halogens is 2. The normalized spacial score (nSPS) is 21.9. The number of hydrogen-bond donors (Lipinski definition) is 3. The Morgan fingerprint density at radius 2 is 1.82 bits per heavy atom. The zero-order valence-corrected chi connectivity index (χ0v) is 26.0. The molecule has 5 rings (SSSR count). The van der Waals surface area contributed by atoms with E-state index in [1.807, 2.05) is 0 Å². The van der Waals surface area contributed by atoms with E-state index >= 15 is 0 Å². The molecule has 0 bridgehead atoms. The fraction of sp³-hybridized carbons (Fsp3) is 0.333. The molecule has 1 aromatic heterocycles. The van der Waals surface area contributed by atoms with Crippen LogP contribution in [-0.4, -0.2) is 54.4 Å². The molecule has 4 N–H and O–H groups in total. The molecule has 0 spiro atoms. The Morgan fingerprint density at radius 3 is 2.50 bits per heavy atom. The maximum Gasteiger partial charge on any atom is 0.255 e. The summed E-state index contributed by atoms with van der Waals surface area (Å²) in [6.45, 7) is -0.114. The number of rotatable bonds is 9. The zero-order valence-electron chi connectivity index (χ0n) is 23.7. The highest BCUT2D eigenvalue weighted by molar-refractivity contribution is 7.88. The molecule has 2 aromatic carbocycles. The van der Waals surface area contributed by atoms with Crippen LogP contribution in [0.1, 0.15) is 75.2 Å². The van der Waals surface area contributed by atoms with Gasteiger partial charge in [-0.25, -0.2) is 18.6 Å². The van der Waals surface area contributed by atoms with Gasteiger partial charge in [-0.15, -0.1) is 0 Å². The topological polar surface area (TPSA) is 161 Å². The Hall–Kier alpha value is -3.55. The first kappa shape index (κ1) is 31.9. The van der Waals surface area contributed by atoms with Crippen molar-refractivity contribution < 1.29 is 27.6 Å². The summed E-state index contributed by atoms with van der Waals surface area (Å²) < 4.78 is 27.4. The molecule has 1 saturated carbocycles. The van der Waals surface area contributed by atoms with E-state index in [0.717, 1.165) is 19.1 Å². The van der Waals surface area contributed by atoms with E-state index in [9.17, 15) is 22.8 Å². The summed E-state index contributed by atoms with van der Waals surface area (Å²) in [7, 11) is -3.61. The molecule has 44 heavy (non-hydrogen) atoms. The van der Waals surface area contributed by atoms with Crippen molar-refractivity contribution >= 4 is 50.9 Å². The summed E-state index contributed by atoms with van der Waals surface area (Å²) >= 11 is 13.0. The van der Waals surface area contributed by atoms with Gasteiger partial charge < -0.3 is 10.6 Å². The number of benzene rings is 2. The zero-order chi connectivity index (χ0) is 31.6. The second-order valence-corrected chi connectivity index (χ2v) is 13.5. The van der Waals surface area contributed by atoms with Gasteiger partial charge in [0.1, 0.15) is 6.61 Å². The molecule has 3 aromatic rings. The molecular weight excluding hydrogens is 629 g/mol. The monoisotopic (exact) mass is 659 g/mol. The minimum absolute atomic E-state index is 0.114. The lowest BCUT2D eigenvalue weighted by Crippen LogP contribution is -2.59. The van der Waals surface area contributed by atoms with Gasteiger partial charge in [0.05, 0.1) is 29.5 Å². The Labute approximate surface area is 265 Å². The van der Waals surface area contributed by atoms with Crippen LogP contribution in [0.25, 0.3) is 0 Å². The first-order chi connectivity index (χ1) is 20.9. The molecule has 0 radical (unpaired) electrons. The average Bonchev–Trinajstić information content (AvgIpc) is 2.97. The van der Waals surface area contributed by atoms with Gasteiger partial charge in [0.15, 0.2) is 0 Å². The lowest BCUT2D eigenvalue weighted by atomic mass is 9.76. The van der Waals surface area contributed by atoms with Crippen LogP contribution in [0.4, 0.5) is 0 Å². The predicted molar refractivity (Wildman–Crippen MR) is 164 cm³/mol. The summed E-state index contributed by atoms with van der Waals surface area (Å²) in [5.74, 6) is -2.50. The third-order valence-electron chi connectivity index (χ3n) is 7.89. The fourth-order valence-corrected chi connectivity index (χ4v) is 7.37. The van der Waals surface area contributed by atoms with Crippen LogP contribution in [0.15, 0.2) is 60.8 Å². The van der Waals surface area contributed by atoms with E-state index in [1.165, 1.54) is 12.3 Å². The number of aromatic nitrogens is 1. The number of carbonyl (C=O) groups excluding carboxylic acids is 3. The number of carbonyl (C=O) groups is 3. The van der Waals surface area contributed by atoms with E-state index in [0.29, 0.717) is 40.2 Å². The third-order valence-corrected chi connectivity index (χ3v) is 9.19. The Morgan fingerprint density at radius 1 is 1.07 bits per heavy atom. The van der Waals surface area contributed by atoms with Crippen LogP contribution in [0.2, 0.25) is 10.0 Å². The number of primary amides is 1. The smallest absolute Gasteiger partial charge is 0.255 e. The van der Waals surface area contributed by atoms with Crippen molar-refractivity contribution in [2.45, 2.75) is 56.3 Å². The van der Waals surface area contributed by atoms with Gasteiger partial charge in [-0.1, -0.05) is 60.3 Å². The maximum absolute atomic E-state index is 14.3. The average molecular weight is 661 g/mol. The molecular formula is C30H31Cl2N5O6S. The molecule has 1 fully saturated rings. The highest BCUT2D eigenvalue weighted by Crippen LogP contribution is 2.47. The van der Waals surface area contributed by atoms with E-state index in [2.05, 4.69) is 15.2 Å². The minimum atomic E-state index is -3.61. The van der Waals surface area contributed by atoms with E-state index in [4.69, 9.17) is 33.8 Å². The lowest BCUT2D eigenvalue weighted by Gasteiger charge is -2.49. The summed E-state index contributed by atoms with van der Waals surface area (Å²) in [5, 5.41) is 0.627. The molecule has 2 aliphatic rings. The van der Waals surface area contributed by atoms with Crippen molar-refractivity contribution in [3.05, 3.63) is 98.8 Å². The molecule has 0 saturated heterocycles. The number of hydroxylamine groups is 1. The van der Waals surface area contributed by atoms with Crippen LogP contribution in [0, 0.1) is 0 Å². The number of amides is 3. The summed E-state index contributed by atoms with van der Waals surface area (Å²) in [4.78, 5) is 51.0. The molecule has 11 nitrogen and oxygen atoms in total. The fourth-order valence-electron chi connectivity index (χ4n) is 6.03. The van der Waals surface area contributed by atoms with Crippen LogP contribution in [0.3, 0.4) is 0 Å². The number of pyridine rings is 1. The van der Waals surface area contributed by atoms with Gasteiger partial charge in [0, 0.05) is 33.9 Å². The van der Waals surface area contributed by atoms with Crippen LogP contribution >= 0.6 is 23.2 Å². The molecule has 1 aliphatic heterocycles. The van der Waals surface area contributed by atoms with Crippen LogP contribution in [0.5, 0.6) is 0 Å². The second-order valence-electron chi connectivity index (χ2n) is 10.9. The molecule has 3 amide bonds. The summed E-state index contributed by atoms with van der Waals surface area (Å²) in [5.41, 5.74) is 9.72. The Kier molecular flexibility index (Phi) is 9.56. The number of nitrogens with one attached hydrogen (secondary N) is 2. The van der Waals surface area contributed by atoms with Gasteiger partial charge in [0.2, 0.25) is 15.9 Å². The number of nitrogens with zero attached hydrogens (tertiary/aromatic N) is 2. The molecule has 2 heterocycles. The standard InChI is InChI=1S/C30H31Cl2N5O6S/c1-44(41,42)36-24-8-4-5-9-25(24)37-27(22-13-11-18(31)14-23(22)32)26(20-6-2-3-7-21(20)30(37)40)29(39)35-43-16-19-12-10-17(15-34-19)28(33)38/h2-3,6-7,10-15,24-27,36H,4-5,8-9,16H2,1H3,(H2,33,38)(H,35,39)/t24-,25?,26+,27-/m0/s1. The number of nitrogens with two attached hydrogens (primary N) is 1. The third kappa shape index (κ3) is 6.89. The Balaban J connectivity index is 1.55. The quantitative estimate of drug-likeness (QED) is 0.294. The molecule has 1 unspecified atom stereocenters. The lowest BCUT2D eigenvalue weighted by molar-refractivity contribution is -0.138. The first-order valence-corrected chi connectivity index (χ1v) is 16.6. The van der Waals surface area contributed by atoms with Crippen molar-refractivity contribution in [1.29, 1.82) is 0 Å². The number of hydrogen-bond acceptors (Lipinski definition) is 7. The molecule has 4 atom stereocenters. The van der Waals surface area contributed by atoms with Crippen molar-refractivity contribution in [3.63, 3.8) is 0 Å². The van der Waals surface area contributed by atoms with Crippen LogP contribution < -0.4 is 15.9 Å². The number of sulfonamides is 1. The largest absolute Gasteiger partial charge is 0.366 e. The van der Waals surface area contributed by atoms with Crippen molar-refractivity contribution in [2.75, 3.05) is 6.26 Å². The highest BCUT2D eigenvalue weighted by atomic mass is 35.5. The number of fused-ring (bicyclic) bond motifs is 1. The van der Waals surface area contributed by atoms with Crippen LogP contribution in [-0.2, 0) is 26.3 Å². The van der Waals surface area contributed by atoms with Crippen molar-refractivity contribution in [3.8, 4) is 0 Å². The van der Waals surface area contributed by atoms with Gasteiger partial charge in [-0.2, -0.15) is 0 Å². The van der Waals surface area contributed by atoms with Gasteiger partial charge >= 0.3 is 0 Å². The van der Waals surface area contributed by atoms with Crippen molar-refractivity contribution in [2.24, 2.45) is 5.73 Å². The van der Waals surface area contributed by atoms with Gasteiger partial charge in [0.25, 0.3) is 11.8 Å². The SMILES string of the molecule is CS(=O)(=O)N[C@H]1CCCCC1N1C(=O)c2ccccc2[C@@H](C(=O)NOCc2ccc(C(N)=O)cn2)[C@@H]1c1ccc(Cl)cc1Cl. The Bertz CT molecular complexity index is 1690. The van der Waals surface area contributed by atoms with E-state index in [-0.39, 0.29) is 23.1 Å². The van der Waals surface area contributed by atoms with E-state index in [1.54, 1.807) is 53.4 Å². The first-order valence-electron chi connectivity index (χ1n) is 13.9. The predicted octanol–water partition coefficient (Wildman–Crippen LogP) is 3.88. The molecule has 232 valence electrons. The minimum Gasteiger partial charge on any atom is -0.366 e. The molecule has 14 heteroatoms. The van der Waals surface area contributed by atoms with Gasteiger partial charge in [-0.3, -0.25) is 24.2 Å². The summed E-state index contributed by atoms with van der Waals surface area (Å²) in [6.07, 6.45) is 4.98. The molecule has 1 aliphatic carbocycles. The van der Waals surface area contributed by atoms with Crippen molar-refractivity contribution in [1.82, 2.24) is 20.1 Å². The summed E-state index contributed by atoms with van der Waals surface area (Å²) in [6, 6.07) is 12.6. The second kappa shape index (κ2) is 13.2. The van der Waals surface area contributed by atoms with Gasteiger partial charge in [-0.05, 0) is 54.3 Å². The van der Waals surface area contributed by atoms with E-state index < -0.39 is 45.9 Å². The highest BCUT2D eigenvalue weighted by Gasteiger charge is 2.49. The maximum atomic E-state index is 14.3.